The molecule has 47 heavy (non-hydrogen) atoms. The fraction of sp³-hybridized carbons (Fsp3) is 0.308. The molecule has 2 heterocycles. The maximum atomic E-state index is 13.4. The summed E-state index contributed by atoms with van der Waals surface area (Å²) >= 11 is 5.95. The van der Waals surface area contributed by atoms with Gasteiger partial charge in [-0.05, 0) is 35.9 Å². The molecule has 21 heteroatoms. The van der Waals surface area contributed by atoms with Crippen molar-refractivity contribution in [3.8, 4) is 5.75 Å². The summed E-state index contributed by atoms with van der Waals surface area (Å²) in [5.74, 6) is -5.42. The van der Waals surface area contributed by atoms with E-state index in [1.165, 1.54) is 24.4 Å². The Balaban J connectivity index is 0.000000771. The normalized spacial score (nSPS) is 15.0. The highest BCUT2D eigenvalue weighted by Crippen LogP contribution is 2.28. The summed E-state index contributed by atoms with van der Waals surface area (Å²) in [5.41, 5.74) is 1.22. The van der Waals surface area contributed by atoms with Crippen LogP contribution < -0.4 is 26.0 Å². The van der Waals surface area contributed by atoms with Gasteiger partial charge in [0, 0.05) is 16.0 Å². The van der Waals surface area contributed by atoms with Crippen LogP contribution in [0.4, 0.5) is 32.0 Å². The predicted molar refractivity (Wildman–Crippen MR) is 152 cm³/mol. The number of carboxylic acid groups (broad SMARTS) is 2. The summed E-state index contributed by atoms with van der Waals surface area (Å²) in [6.45, 7) is -3.61. The lowest BCUT2D eigenvalue weighted by atomic mass is 10.0. The molecule has 14 nitrogen and oxygen atoms in total. The van der Waals surface area contributed by atoms with Crippen LogP contribution in [0.1, 0.15) is 28.4 Å². The second-order valence-electron chi connectivity index (χ2n) is 9.45. The van der Waals surface area contributed by atoms with Gasteiger partial charge in [0.25, 0.3) is 5.91 Å². The number of amides is 2. The van der Waals surface area contributed by atoms with Crippen LogP contribution in [0, 0.1) is 0 Å². The van der Waals surface area contributed by atoms with Crippen molar-refractivity contribution in [2.24, 2.45) is 4.99 Å². The first-order valence-corrected chi connectivity index (χ1v) is 13.4. The van der Waals surface area contributed by atoms with E-state index < -0.39 is 61.7 Å². The maximum Gasteiger partial charge on any atom is 0.490 e. The van der Waals surface area contributed by atoms with Crippen LogP contribution in [-0.4, -0.2) is 88.7 Å². The van der Waals surface area contributed by atoms with Crippen molar-refractivity contribution >= 4 is 57.9 Å². The zero-order valence-electron chi connectivity index (χ0n) is 23.5. The molecular weight excluding hydrogens is 672 g/mol. The van der Waals surface area contributed by atoms with Crippen LogP contribution in [0.2, 0.25) is 5.02 Å². The summed E-state index contributed by atoms with van der Waals surface area (Å²) in [6.07, 6.45) is -5.25. The minimum atomic E-state index is -5.08. The van der Waals surface area contributed by atoms with Crippen molar-refractivity contribution < 1.29 is 60.5 Å². The lowest BCUT2D eigenvalue weighted by molar-refractivity contribution is -0.192. The molecule has 1 aliphatic rings. The lowest BCUT2D eigenvalue weighted by Gasteiger charge is -2.20. The van der Waals surface area contributed by atoms with Crippen LogP contribution in [-0.2, 0) is 14.4 Å². The molecule has 0 spiro atoms. The molecule has 0 aliphatic carbocycles. The number of carboxylic acids is 2. The minimum absolute atomic E-state index is 0.0106. The number of aromatic nitrogens is 2. The molecule has 2 atom stereocenters. The number of rotatable bonds is 10. The quantitative estimate of drug-likeness (QED) is 0.154. The molecule has 0 saturated heterocycles. The number of nitrogens with zero attached hydrogens (tertiary/aromatic N) is 2. The van der Waals surface area contributed by atoms with Gasteiger partial charge in [0.1, 0.15) is 11.9 Å². The van der Waals surface area contributed by atoms with Crippen molar-refractivity contribution in [3.63, 3.8) is 0 Å². The molecule has 1 aromatic heterocycles. The number of alkyl halides is 6. The Morgan fingerprint density at radius 2 is 1.81 bits per heavy atom. The topological polar surface area (TPSA) is 207 Å². The van der Waals surface area contributed by atoms with Gasteiger partial charge >= 0.3 is 24.7 Å². The van der Waals surface area contributed by atoms with E-state index >= 15 is 0 Å². The van der Waals surface area contributed by atoms with Gasteiger partial charge in [-0.25, -0.2) is 14.2 Å². The zero-order valence-corrected chi connectivity index (χ0v) is 24.3. The molecule has 4 rings (SSSR count). The molecule has 0 radical (unpaired) electrons. The van der Waals surface area contributed by atoms with Gasteiger partial charge in [-0.3, -0.25) is 19.5 Å². The fourth-order valence-electron chi connectivity index (χ4n) is 3.91. The van der Waals surface area contributed by atoms with Gasteiger partial charge in [0.2, 0.25) is 5.91 Å². The largest absolute Gasteiger partial charge is 0.490 e. The van der Waals surface area contributed by atoms with E-state index in [9.17, 15) is 45.8 Å². The van der Waals surface area contributed by atoms with Gasteiger partial charge < -0.3 is 36.2 Å². The number of guanidine groups is 1. The summed E-state index contributed by atoms with van der Waals surface area (Å²) in [5, 5.41) is 34.5. The molecule has 2 unspecified atom stereocenters. The van der Waals surface area contributed by atoms with E-state index in [0.29, 0.717) is 22.5 Å². The third-order valence-electron chi connectivity index (χ3n) is 5.90. The Hall–Kier alpha value is -5.27. The summed E-state index contributed by atoms with van der Waals surface area (Å²) in [7, 11) is 0. The molecule has 7 N–H and O–H groups in total. The van der Waals surface area contributed by atoms with E-state index in [4.69, 9.17) is 21.5 Å². The Morgan fingerprint density at radius 1 is 1.11 bits per heavy atom. The van der Waals surface area contributed by atoms with E-state index in [2.05, 4.69) is 41.2 Å². The number of hydrogen-bond acceptors (Lipinski definition) is 9. The first kappa shape index (κ1) is 36.2. The number of hydrogen-bond donors (Lipinski definition) is 7. The average molecular weight is 696 g/mol. The zero-order chi connectivity index (χ0) is 34.9. The molecule has 3 aromatic rings. The number of aliphatic imine (C=N–C) groups is 1. The number of ether oxygens (including phenoxy) is 1. The number of H-pyrrole nitrogens is 1. The lowest BCUT2D eigenvalue weighted by Crippen LogP contribution is -2.41. The van der Waals surface area contributed by atoms with E-state index in [1.54, 1.807) is 0 Å². The number of anilines is 1. The maximum absolute atomic E-state index is 13.4. The predicted octanol–water partition coefficient (Wildman–Crippen LogP) is 3.22. The van der Waals surface area contributed by atoms with Crippen LogP contribution in [0.15, 0.2) is 41.5 Å². The first-order valence-electron chi connectivity index (χ1n) is 13.0. The number of fused-ring (bicyclic) bond motifs is 1. The second kappa shape index (κ2) is 15.8. The van der Waals surface area contributed by atoms with Crippen LogP contribution in [0.3, 0.4) is 0 Å². The third-order valence-corrected chi connectivity index (χ3v) is 6.12. The number of benzene rings is 2. The molecule has 254 valence electrons. The van der Waals surface area contributed by atoms with Crippen molar-refractivity contribution in [2.45, 2.75) is 31.4 Å². The highest BCUT2D eigenvalue weighted by Gasteiger charge is 2.38. The summed E-state index contributed by atoms with van der Waals surface area (Å²) in [4.78, 5) is 49.9. The molecule has 0 fully saturated rings. The monoisotopic (exact) mass is 695 g/mol. The van der Waals surface area contributed by atoms with Crippen molar-refractivity contribution in [2.75, 3.05) is 25.0 Å². The fourth-order valence-corrected chi connectivity index (χ4v) is 4.14. The molecule has 0 saturated carbocycles. The highest BCUT2D eigenvalue weighted by molar-refractivity contribution is 6.30. The van der Waals surface area contributed by atoms with Gasteiger partial charge in [-0.2, -0.15) is 27.1 Å². The summed E-state index contributed by atoms with van der Waals surface area (Å²) < 4.78 is 74.7. The Morgan fingerprint density at radius 3 is 2.40 bits per heavy atom. The van der Waals surface area contributed by atoms with Gasteiger partial charge in [-0.15, -0.1) is 0 Å². The van der Waals surface area contributed by atoms with Gasteiger partial charge in [0.05, 0.1) is 49.5 Å². The average Bonchev–Trinajstić information content (AvgIpc) is 3.45. The Kier molecular flexibility index (Phi) is 12.2. The number of aliphatic carboxylic acids is 2. The van der Waals surface area contributed by atoms with Crippen LogP contribution in [0.25, 0.3) is 10.9 Å². The number of nitrogens with one attached hydrogen (secondary N) is 5. The van der Waals surface area contributed by atoms with Crippen LogP contribution >= 0.6 is 11.6 Å². The number of carbonyl (C=O) groups is 4. The van der Waals surface area contributed by atoms with Crippen molar-refractivity contribution in [3.05, 3.63) is 52.7 Å². The number of carbonyl (C=O) groups excluding carboxylic acids is 2. The van der Waals surface area contributed by atoms with E-state index in [0.717, 1.165) is 12.1 Å². The Bertz CT molecular complexity index is 1650. The summed E-state index contributed by atoms with van der Waals surface area (Å²) in [6, 6.07) is 5.41. The highest BCUT2D eigenvalue weighted by atomic mass is 35.5. The third kappa shape index (κ3) is 11.2. The molecule has 0 bridgehead atoms. The number of halogens is 7. The van der Waals surface area contributed by atoms with E-state index in [-0.39, 0.29) is 35.0 Å². The first-order chi connectivity index (χ1) is 22.0. The second-order valence-corrected chi connectivity index (χ2v) is 9.89. The smallest absolute Gasteiger partial charge is 0.481 e. The van der Waals surface area contributed by atoms with Gasteiger partial charge in [0.15, 0.2) is 5.96 Å². The van der Waals surface area contributed by atoms with Crippen molar-refractivity contribution in [1.82, 2.24) is 26.1 Å². The molecule has 2 aromatic carbocycles. The molecular formula is C26H24ClF6N7O7. The molecule has 2 amide bonds. The number of aromatic amines is 1. The SMILES string of the molecule is O=C(O)C(F)(F)F.O=C(O)CC(NC(=O)CNC(=O)c1cc(NC2=NCC(F)CN2)c2cn[nH]c2c1)c1cc(Cl)cc(OC(F)F)c1. The standard InChI is InChI=1S/C24H23ClF3N7O5.C2HF3O2/c25-13-1-11(2-15(5-13)40-23(27)28)17(6-21(37)38)33-20(36)10-29-22(39)12-3-18(16-9-32-35-19(16)4-12)34-24-30-7-14(26)8-31-24;3-2(4,5)1(6)7/h1-5,9,14,17,23H,6-8,10H2,(H,29,39)(H,32,35)(H,33,36)(H,37,38)(H2,30,31,34);(H,6,7). The Labute approximate surface area is 264 Å². The van der Waals surface area contributed by atoms with E-state index in [1.807, 2.05) is 0 Å². The molecule has 1 aliphatic heterocycles. The van der Waals surface area contributed by atoms with Gasteiger partial charge in [-0.1, -0.05) is 11.6 Å². The van der Waals surface area contributed by atoms with Crippen LogP contribution in [0.5, 0.6) is 5.75 Å². The minimum Gasteiger partial charge on any atom is -0.481 e. The van der Waals surface area contributed by atoms with Crippen molar-refractivity contribution in [1.29, 1.82) is 0 Å².